The summed E-state index contributed by atoms with van der Waals surface area (Å²) in [5.74, 6) is 0.188. The van der Waals surface area contributed by atoms with E-state index in [0.717, 1.165) is 6.42 Å². The van der Waals surface area contributed by atoms with Gasteiger partial charge in [0.1, 0.15) is 6.10 Å². The van der Waals surface area contributed by atoms with Gasteiger partial charge in [-0.15, -0.1) is 12.4 Å². The number of hydrogen-bond acceptors (Lipinski definition) is 4. The van der Waals surface area contributed by atoms with E-state index < -0.39 is 0 Å². The Labute approximate surface area is 130 Å². The molecule has 6 heteroatoms. The lowest BCUT2D eigenvalue weighted by atomic mass is 10.1. The first-order valence-corrected chi connectivity index (χ1v) is 7.71. The molecule has 114 valence electrons. The fourth-order valence-corrected chi connectivity index (χ4v) is 3.01. The molecular formula is C14H23ClN2O2S. The van der Waals surface area contributed by atoms with Crippen LogP contribution in [0.25, 0.3) is 0 Å². The normalized spacial score (nSPS) is 24.1. The van der Waals surface area contributed by atoms with Crippen LogP contribution >= 0.6 is 23.7 Å². The summed E-state index contributed by atoms with van der Waals surface area (Å²) in [6.45, 7) is 5.28. The molecule has 1 aromatic heterocycles. The second-order valence-corrected chi connectivity index (χ2v) is 6.09. The van der Waals surface area contributed by atoms with Crippen LogP contribution in [0.4, 0.5) is 0 Å². The van der Waals surface area contributed by atoms with Crippen LogP contribution in [0.15, 0.2) is 16.8 Å². The highest BCUT2D eigenvalue weighted by Gasteiger charge is 2.29. The van der Waals surface area contributed by atoms with Gasteiger partial charge in [0, 0.05) is 19.0 Å². The van der Waals surface area contributed by atoms with Crippen LogP contribution in [-0.4, -0.2) is 36.0 Å². The molecule has 3 unspecified atom stereocenters. The lowest BCUT2D eigenvalue weighted by Crippen LogP contribution is -2.46. The second kappa shape index (κ2) is 7.98. The first kappa shape index (κ1) is 17.4. The van der Waals surface area contributed by atoms with Gasteiger partial charge in [-0.25, -0.2) is 0 Å². The number of thiophene rings is 1. The van der Waals surface area contributed by atoms with Gasteiger partial charge in [-0.3, -0.25) is 4.79 Å². The fourth-order valence-electron chi connectivity index (χ4n) is 2.31. The summed E-state index contributed by atoms with van der Waals surface area (Å²) in [5, 5.41) is 4.13. The van der Waals surface area contributed by atoms with Crippen LogP contribution in [0, 0.1) is 0 Å². The molecule has 2 heterocycles. The molecule has 3 atom stereocenters. The number of rotatable bonds is 4. The SMILES string of the molecule is CC(N)CCC(=O)N1CC(C)OC(c2ccsc2)C1.Cl. The van der Waals surface area contributed by atoms with Crippen molar-refractivity contribution in [3.63, 3.8) is 0 Å². The highest BCUT2D eigenvalue weighted by Crippen LogP contribution is 2.27. The van der Waals surface area contributed by atoms with Gasteiger partial charge in [0.05, 0.1) is 12.6 Å². The Balaban J connectivity index is 0.00000200. The van der Waals surface area contributed by atoms with E-state index in [0.29, 0.717) is 19.5 Å². The molecule has 0 aromatic carbocycles. The third-order valence-electron chi connectivity index (χ3n) is 3.34. The number of ether oxygens (including phenoxy) is 1. The van der Waals surface area contributed by atoms with Gasteiger partial charge in [-0.2, -0.15) is 11.3 Å². The minimum Gasteiger partial charge on any atom is -0.367 e. The Morgan fingerprint density at radius 1 is 1.60 bits per heavy atom. The molecule has 1 aromatic rings. The van der Waals surface area contributed by atoms with E-state index in [1.165, 1.54) is 5.56 Å². The summed E-state index contributed by atoms with van der Waals surface area (Å²) in [6.07, 6.45) is 1.36. The number of nitrogens with zero attached hydrogens (tertiary/aromatic N) is 1. The lowest BCUT2D eigenvalue weighted by molar-refractivity contribution is -0.145. The first-order chi connectivity index (χ1) is 9.06. The summed E-state index contributed by atoms with van der Waals surface area (Å²) in [4.78, 5) is 14.1. The molecule has 20 heavy (non-hydrogen) atoms. The third kappa shape index (κ3) is 4.74. The summed E-state index contributed by atoms with van der Waals surface area (Å²) in [5.41, 5.74) is 6.88. The van der Waals surface area contributed by atoms with Crippen LogP contribution in [-0.2, 0) is 9.53 Å². The highest BCUT2D eigenvalue weighted by molar-refractivity contribution is 7.07. The smallest absolute Gasteiger partial charge is 0.222 e. The van der Waals surface area contributed by atoms with Crippen LogP contribution in [0.3, 0.4) is 0 Å². The zero-order chi connectivity index (χ0) is 13.8. The molecule has 0 radical (unpaired) electrons. The fraction of sp³-hybridized carbons (Fsp3) is 0.643. The van der Waals surface area contributed by atoms with Crippen molar-refractivity contribution in [1.29, 1.82) is 0 Å². The Morgan fingerprint density at radius 3 is 2.95 bits per heavy atom. The quantitative estimate of drug-likeness (QED) is 0.928. The van der Waals surface area contributed by atoms with Crippen LogP contribution in [0.2, 0.25) is 0 Å². The van der Waals surface area contributed by atoms with Gasteiger partial charge in [0.15, 0.2) is 0 Å². The molecular weight excluding hydrogens is 296 g/mol. The molecule has 0 spiro atoms. The van der Waals surface area contributed by atoms with Crippen molar-refractivity contribution >= 4 is 29.7 Å². The number of morpholine rings is 1. The zero-order valence-electron chi connectivity index (χ0n) is 12.0. The van der Waals surface area contributed by atoms with Crippen molar-refractivity contribution in [3.8, 4) is 0 Å². The molecule has 1 aliphatic rings. The van der Waals surface area contributed by atoms with E-state index in [2.05, 4.69) is 11.4 Å². The van der Waals surface area contributed by atoms with E-state index in [4.69, 9.17) is 10.5 Å². The van der Waals surface area contributed by atoms with Crippen LogP contribution < -0.4 is 5.73 Å². The molecule has 2 rings (SSSR count). The Kier molecular flexibility index (Phi) is 6.95. The van der Waals surface area contributed by atoms with Gasteiger partial charge in [-0.05, 0) is 42.7 Å². The van der Waals surface area contributed by atoms with E-state index in [-0.39, 0.29) is 36.6 Å². The maximum Gasteiger partial charge on any atom is 0.222 e. The van der Waals surface area contributed by atoms with Crippen molar-refractivity contribution in [2.45, 2.75) is 44.9 Å². The summed E-state index contributed by atoms with van der Waals surface area (Å²) < 4.78 is 5.92. The zero-order valence-corrected chi connectivity index (χ0v) is 13.6. The Hall–Kier alpha value is -0.620. The number of nitrogens with two attached hydrogens (primary N) is 1. The first-order valence-electron chi connectivity index (χ1n) is 6.77. The van der Waals surface area contributed by atoms with Crippen molar-refractivity contribution < 1.29 is 9.53 Å². The molecule has 1 amide bonds. The average Bonchev–Trinajstić information content (AvgIpc) is 2.89. The number of halogens is 1. The maximum atomic E-state index is 12.2. The van der Waals surface area contributed by atoms with Gasteiger partial charge in [-0.1, -0.05) is 0 Å². The van der Waals surface area contributed by atoms with Crippen molar-refractivity contribution in [3.05, 3.63) is 22.4 Å². The maximum absolute atomic E-state index is 12.2. The number of hydrogen-bond donors (Lipinski definition) is 1. The van der Waals surface area contributed by atoms with E-state index in [9.17, 15) is 4.79 Å². The standard InChI is InChI=1S/C14H22N2O2S.ClH/c1-10(15)3-4-14(17)16-7-11(2)18-13(8-16)12-5-6-19-9-12;/h5-6,9-11,13H,3-4,7-8,15H2,1-2H3;1H. The topological polar surface area (TPSA) is 55.6 Å². The van der Waals surface area contributed by atoms with Crippen molar-refractivity contribution in [1.82, 2.24) is 4.90 Å². The lowest BCUT2D eigenvalue weighted by Gasteiger charge is -2.36. The van der Waals surface area contributed by atoms with E-state index >= 15 is 0 Å². The van der Waals surface area contributed by atoms with Crippen LogP contribution in [0.5, 0.6) is 0 Å². The summed E-state index contributed by atoms with van der Waals surface area (Å²) in [6, 6.07) is 2.15. The highest BCUT2D eigenvalue weighted by atomic mass is 35.5. The third-order valence-corrected chi connectivity index (χ3v) is 4.04. The predicted molar refractivity (Wildman–Crippen MR) is 84.3 cm³/mol. The Bertz CT molecular complexity index is 411. The Morgan fingerprint density at radius 2 is 2.35 bits per heavy atom. The van der Waals surface area contributed by atoms with E-state index in [1.807, 2.05) is 24.1 Å². The average molecular weight is 319 g/mol. The summed E-state index contributed by atoms with van der Waals surface area (Å²) >= 11 is 1.66. The van der Waals surface area contributed by atoms with Crippen molar-refractivity contribution in [2.75, 3.05) is 13.1 Å². The van der Waals surface area contributed by atoms with Crippen LogP contribution in [0.1, 0.15) is 38.4 Å². The number of carbonyl (C=O) groups is 1. The summed E-state index contributed by atoms with van der Waals surface area (Å²) in [7, 11) is 0. The monoisotopic (exact) mass is 318 g/mol. The van der Waals surface area contributed by atoms with Gasteiger partial charge >= 0.3 is 0 Å². The minimum absolute atomic E-state index is 0. The van der Waals surface area contributed by atoms with Gasteiger partial charge in [0.2, 0.25) is 5.91 Å². The molecule has 0 saturated carbocycles. The minimum atomic E-state index is 0. The van der Waals surface area contributed by atoms with Crippen molar-refractivity contribution in [2.24, 2.45) is 5.73 Å². The molecule has 0 aliphatic carbocycles. The van der Waals surface area contributed by atoms with E-state index in [1.54, 1.807) is 11.3 Å². The number of carbonyl (C=O) groups excluding carboxylic acids is 1. The second-order valence-electron chi connectivity index (χ2n) is 5.31. The number of amides is 1. The molecule has 4 nitrogen and oxygen atoms in total. The molecule has 1 fully saturated rings. The van der Waals surface area contributed by atoms with Gasteiger partial charge in [0.25, 0.3) is 0 Å². The molecule has 2 N–H and O–H groups in total. The molecule has 1 saturated heterocycles. The molecule has 1 aliphatic heterocycles. The molecule has 0 bridgehead atoms. The van der Waals surface area contributed by atoms with Gasteiger partial charge < -0.3 is 15.4 Å². The largest absolute Gasteiger partial charge is 0.367 e. The predicted octanol–water partition coefficient (Wildman–Crippen LogP) is 2.59.